The molecule has 14 rings (SSSR count). The van der Waals surface area contributed by atoms with Crippen LogP contribution in [0.15, 0.2) is 241 Å². The van der Waals surface area contributed by atoms with Crippen LogP contribution < -0.4 is 9.64 Å². The molecule has 0 N–H and O–H groups in total. The molecule has 2 heterocycles. The molecule has 1 aliphatic heterocycles. The fourth-order valence-corrected chi connectivity index (χ4v) is 11.1. The van der Waals surface area contributed by atoms with E-state index < -0.39 is 5.41 Å². The molecule has 1 aliphatic carbocycles. The molecule has 0 saturated carbocycles. The van der Waals surface area contributed by atoms with Crippen molar-refractivity contribution in [3.8, 4) is 44.9 Å². The van der Waals surface area contributed by atoms with Crippen LogP contribution in [0.1, 0.15) is 22.3 Å². The average molecular weight is 842 g/mol. The molecule has 66 heavy (non-hydrogen) atoms. The van der Waals surface area contributed by atoms with Crippen LogP contribution in [0.4, 0.5) is 17.1 Å². The molecule has 0 unspecified atom stereocenters. The van der Waals surface area contributed by atoms with Gasteiger partial charge in [0.25, 0.3) is 0 Å². The first-order valence-corrected chi connectivity index (χ1v) is 22.6. The van der Waals surface area contributed by atoms with Crippen molar-refractivity contribution >= 4 is 60.5 Å². The highest BCUT2D eigenvalue weighted by atomic mass is 16.5. The molecule has 1 spiro atoms. The molecule has 0 atom stereocenters. The summed E-state index contributed by atoms with van der Waals surface area (Å²) in [6.07, 6.45) is 0. The lowest BCUT2D eigenvalue weighted by molar-refractivity contribution is 0.447. The van der Waals surface area contributed by atoms with Crippen LogP contribution in [0.5, 0.6) is 11.5 Å². The summed E-state index contributed by atoms with van der Waals surface area (Å²) in [6.45, 7) is 0. The summed E-state index contributed by atoms with van der Waals surface area (Å²) < 4.78 is 13.6. The summed E-state index contributed by atoms with van der Waals surface area (Å²) in [6, 6.07) is 85.6. The van der Waals surface area contributed by atoms with Crippen molar-refractivity contribution in [1.82, 2.24) is 0 Å². The first-order chi connectivity index (χ1) is 32.7. The van der Waals surface area contributed by atoms with Gasteiger partial charge in [0.15, 0.2) is 0 Å². The molecular formula is C63H39NO2. The maximum absolute atomic E-state index is 7.16. The zero-order valence-electron chi connectivity index (χ0n) is 35.8. The lowest BCUT2D eigenvalue weighted by atomic mass is 9.65. The molecule has 1 aromatic heterocycles. The molecule has 0 bridgehead atoms. The van der Waals surface area contributed by atoms with Crippen molar-refractivity contribution in [3.05, 3.63) is 259 Å². The predicted molar refractivity (Wildman–Crippen MR) is 272 cm³/mol. The van der Waals surface area contributed by atoms with Gasteiger partial charge >= 0.3 is 0 Å². The molecule has 0 amide bonds. The van der Waals surface area contributed by atoms with Gasteiger partial charge in [-0.25, -0.2) is 0 Å². The zero-order chi connectivity index (χ0) is 43.3. The van der Waals surface area contributed by atoms with Gasteiger partial charge in [-0.3, -0.25) is 0 Å². The Balaban J connectivity index is 0.911. The smallest absolute Gasteiger partial charge is 0.140 e. The third-order valence-corrected chi connectivity index (χ3v) is 14.1. The van der Waals surface area contributed by atoms with Crippen LogP contribution in [0.2, 0.25) is 0 Å². The first kappa shape index (κ1) is 36.8. The summed E-state index contributed by atoms with van der Waals surface area (Å²) in [5.41, 5.74) is 16.4. The Morgan fingerprint density at radius 2 is 0.803 bits per heavy atom. The van der Waals surface area contributed by atoms with Gasteiger partial charge in [-0.2, -0.15) is 0 Å². The molecule has 0 radical (unpaired) electrons. The Hall–Kier alpha value is -8.66. The normalized spacial score (nSPS) is 13.1. The average Bonchev–Trinajstić information content (AvgIpc) is 3.90. The molecule has 2 aliphatic rings. The molecule has 3 nitrogen and oxygen atoms in total. The van der Waals surface area contributed by atoms with Crippen molar-refractivity contribution in [3.63, 3.8) is 0 Å². The van der Waals surface area contributed by atoms with Gasteiger partial charge in [0.2, 0.25) is 0 Å². The van der Waals surface area contributed by atoms with Crippen LogP contribution in [-0.4, -0.2) is 0 Å². The number of hydrogen-bond donors (Lipinski definition) is 0. The number of hydrogen-bond acceptors (Lipinski definition) is 3. The van der Waals surface area contributed by atoms with Crippen LogP contribution >= 0.6 is 0 Å². The third kappa shape index (κ3) is 5.32. The summed E-state index contributed by atoms with van der Waals surface area (Å²) in [5, 5.41) is 6.80. The van der Waals surface area contributed by atoms with Crippen LogP contribution in [0.3, 0.4) is 0 Å². The van der Waals surface area contributed by atoms with E-state index in [-0.39, 0.29) is 0 Å². The molecule has 0 saturated heterocycles. The molecule has 12 aromatic rings. The summed E-state index contributed by atoms with van der Waals surface area (Å²) in [5.74, 6) is 1.86. The van der Waals surface area contributed by atoms with Crippen LogP contribution in [-0.2, 0) is 5.41 Å². The van der Waals surface area contributed by atoms with E-state index in [1.807, 2.05) is 12.1 Å². The molecule has 11 aromatic carbocycles. The van der Waals surface area contributed by atoms with Gasteiger partial charge in [0.05, 0.1) is 5.41 Å². The number of fused-ring (bicyclic) bond motifs is 16. The van der Waals surface area contributed by atoms with Crippen LogP contribution in [0, 0.1) is 0 Å². The second kappa shape index (κ2) is 14.2. The molecular weight excluding hydrogens is 803 g/mol. The van der Waals surface area contributed by atoms with E-state index in [0.717, 1.165) is 66.8 Å². The highest BCUT2D eigenvalue weighted by molar-refractivity contribution is 6.06. The van der Waals surface area contributed by atoms with Gasteiger partial charge in [-0.05, 0) is 104 Å². The fraction of sp³-hybridized carbons (Fsp3) is 0.0159. The first-order valence-electron chi connectivity index (χ1n) is 22.6. The summed E-state index contributed by atoms with van der Waals surface area (Å²) >= 11 is 0. The molecule has 308 valence electrons. The second-order valence-corrected chi connectivity index (χ2v) is 17.6. The van der Waals surface area contributed by atoms with Gasteiger partial charge in [0, 0.05) is 55.8 Å². The predicted octanol–water partition coefficient (Wildman–Crippen LogP) is 17.2. The van der Waals surface area contributed by atoms with Gasteiger partial charge in [-0.1, -0.05) is 182 Å². The third-order valence-electron chi connectivity index (χ3n) is 14.1. The van der Waals surface area contributed by atoms with Crippen molar-refractivity contribution in [1.29, 1.82) is 0 Å². The minimum atomic E-state index is -0.581. The highest BCUT2D eigenvalue weighted by Crippen LogP contribution is 2.64. The standard InChI is InChI=1S/C63H39NO2/c1-2-12-40(13-3-1)41-22-29-46(30-23-41)64(48-33-34-53-52-19-9-11-21-59(52)65-60(53)39-48)47-31-24-42(25-32-47)45-28-35-56-54(38-45)51-18-8-10-20-55(51)63(56)57-36-26-43-14-4-6-16-49(43)61(57)66-62-50-17-7-5-15-44(50)27-37-58(62)63/h1-39H. The quantitative estimate of drug-likeness (QED) is 0.173. The molecule has 0 fully saturated rings. The number of ether oxygens (including phenoxy) is 1. The minimum absolute atomic E-state index is 0.581. The Bertz CT molecular complexity index is 3820. The lowest BCUT2D eigenvalue weighted by Crippen LogP contribution is -2.32. The number of para-hydroxylation sites is 1. The van der Waals surface area contributed by atoms with E-state index in [2.05, 4.69) is 229 Å². The maximum Gasteiger partial charge on any atom is 0.140 e. The maximum atomic E-state index is 7.16. The van der Waals surface area contributed by atoms with E-state index in [1.165, 1.54) is 60.8 Å². The Kier molecular flexibility index (Phi) is 7.90. The lowest BCUT2D eigenvalue weighted by Gasteiger charge is -2.40. The van der Waals surface area contributed by atoms with Crippen molar-refractivity contribution < 1.29 is 9.15 Å². The second-order valence-electron chi connectivity index (χ2n) is 17.6. The van der Waals surface area contributed by atoms with E-state index in [0.29, 0.717) is 0 Å². The zero-order valence-corrected chi connectivity index (χ0v) is 35.8. The number of anilines is 3. The molecule has 3 heteroatoms. The fourth-order valence-electron chi connectivity index (χ4n) is 11.1. The van der Waals surface area contributed by atoms with Crippen LogP contribution in [0.25, 0.3) is 76.9 Å². The minimum Gasteiger partial charge on any atom is -0.456 e. The highest BCUT2D eigenvalue weighted by Gasteiger charge is 2.51. The van der Waals surface area contributed by atoms with E-state index >= 15 is 0 Å². The van der Waals surface area contributed by atoms with Gasteiger partial charge in [0.1, 0.15) is 22.7 Å². The largest absolute Gasteiger partial charge is 0.456 e. The van der Waals surface area contributed by atoms with E-state index in [9.17, 15) is 0 Å². The Morgan fingerprint density at radius 3 is 1.50 bits per heavy atom. The topological polar surface area (TPSA) is 25.6 Å². The number of furan rings is 1. The van der Waals surface area contributed by atoms with Gasteiger partial charge < -0.3 is 14.1 Å². The number of benzene rings is 11. The van der Waals surface area contributed by atoms with Gasteiger partial charge in [-0.15, -0.1) is 0 Å². The monoisotopic (exact) mass is 841 g/mol. The number of nitrogens with zero attached hydrogens (tertiary/aromatic N) is 1. The van der Waals surface area contributed by atoms with Crippen molar-refractivity contribution in [2.24, 2.45) is 0 Å². The Morgan fingerprint density at radius 1 is 0.303 bits per heavy atom. The summed E-state index contributed by atoms with van der Waals surface area (Å²) in [7, 11) is 0. The van der Waals surface area contributed by atoms with Crippen molar-refractivity contribution in [2.45, 2.75) is 5.41 Å². The van der Waals surface area contributed by atoms with Crippen molar-refractivity contribution in [2.75, 3.05) is 4.90 Å². The Labute approximate surface area is 382 Å². The summed E-state index contributed by atoms with van der Waals surface area (Å²) in [4.78, 5) is 2.32. The van der Waals surface area contributed by atoms with E-state index in [4.69, 9.17) is 9.15 Å². The van der Waals surface area contributed by atoms with E-state index in [1.54, 1.807) is 0 Å². The SMILES string of the molecule is c1ccc(-c2ccc(N(c3ccc(-c4ccc5c(c4)-c4ccccc4C54c5ccc6ccccc6c5Oc5c4ccc4ccccc54)cc3)c3ccc4c(c3)oc3ccccc34)cc2)cc1. The number of rotatable bonds is 5.